The number of fused-ring (bicyclic) bond motifs is 4. The van der Waals surface area contributed by atoms with Crippen LogP contribution < -0.4 is 0 Å². The van der Waals surface area contributed by atoms with E-state index in [1.54, 1.807) is 0 Å². The monoisotopic (exact) mass is 593 g/mol. The molecule has 0 N–H and O–H groups in total. The van der Waals surface area contributed by atoms with Crippen LogP contribution in [-0.4, -0.2) is 15.0 Å². The molecule has 0 atom stereocenters. The summed E-state index contributed by atoms with van der Waals surface area (Å²) in [5.74, 6) is 2.02. The third kappa shape index (κ3) is 4.46. The maximum absolute atomic E-state index is 5.21. The fraction of sp³-hybridized carbons (Fsp3) is 0.140. The first-order valence-corrected chi connectivity index (χ1v) is 16.0. The zero-order valence-corrected chi connectivity index (χ0v) is 26.6. The molecule has 0 fully saturated rings. The lowest BCUT2D eigenvalue weighted by atomic mass is 9.55. The number of hydrogen-bond acceptors (Lipinski definition) is 3. The molecule has 0 amide bonds. The summed E-state index contributed by atoms with van der Waals surface area (Å²) >= 11 is 0. The molecule has 6 aromatic carbocycles. The van der Waals surface area contributed by atoms with Crippen molar-refractivity contribution in [3.8, 4) is 56.4 Å². The van der Waals surface area contributed by atoms with Crippen molar-refractivity contribution in [1.29, 1.82) is 0 Å². The van der Waals surface area contributed by atoms with Crippen molar-refractivity contribution < 1.29 is 0 Å². The molecular formula is C43H35N3. The molecule has 3 nitrogen and oxygen atoms in total. The highest BCUT2D eigenvalue weighted by molar-refractivity contribution is 5.91. The van der Waals surface area contributed by atoms with Gasteiger partial charge in [-0.25, -0.2) is 15.0 Å². The Kier molecular flexibility index (Phi) is 6.47. The number of hydrogen-bond donors (Lipinski definition) is 0. The molecule has 1 aliphatic rings. The summed E-state index contributed by atoms with van der Waals surface area (Å²) in [7, 11) is 0. The van der Waals surface area contributed by atoms with Gasteiger partial charge in [-0.1, -0.05) is 155 Å². The van der Waals surface area contributed by atoms with Crippen molar-refractivity contribution in [3.05, 3.63) is 151 Å². The Bertz CT molecular complexity index is 2250. The molecule has 0 unspecified atom stereocenters. The molecule has 0 saturated heterocycles. The van der Waals surface area contributed by atoms with E-state index in [0.717, 1.165) is 22.1 Å². The molecule has 0 bridgehead atoms. The van der Waals surface area contributed by atoms with Crippen molar-refractivity contribution in [2.75, 3.05) is 0 Å². The Morgan fingerprint density at radius 3 is 1.70 bits per heavy atom. The van der Waals surface area contributed by atoms with Gasteiger partial charge in [0.15, 0.2) is 17.5 Å². The minimum absolute atomic E-state index is 0.122. The molecule has 1 aliphatic carbocycles. The van der Waals surface area contributed by atoms with Crippen LogP contribution in [0.25, 0.3) is 67.2 Å². The fourth-order valence-electron chi connectivity index (χ4n) is 6.98. The summed E-state index contributed by atoms with van der Waals surface area (Å²) < 4.78 is 0. The molecule has 8 rings (SSSR count). The zero-order valence-electron chi connectivity index (χ0n) is 26.6. The van der Waals surface area contributed by atoms with Crippen LogP contribution in [0, 0.1) is 0 Å². The summed E-state index contributed by atoms with van der Waals surface area (Å²) in [4.78, 5) is 15.4. The molecule has 46 heavy (non-hydrogen) atoms. The second kappa shape index (κ2) is 10.6. The van der Waals surface area contributed by atoms with E-state index in [9.17, 15) is 0 Å². The lowest BCUT2D eigenvalue weighted by Gasteiger charge is -2.49. The molecule has 3 heteroatoms. The topological polar surface area (TPSA) is 38.7 Å². The van der Waals surface area contributed by atoms with Crippen LogP contribution >= 0.6 is 0 Å². The van der Waals surface area contributed by atoms with Crippen LogP contribution in [0.1, 0.15) is 38.8 Å². The third-order valence-electron chi connectivity index (χ3n) is 10.3. The maximum Gasteiger partial charge on any atom is 0.164 e. The highest BCUT2D eigenvalue weighted by atomic mass is 15.0. The van der Waals surface area contributed by atoms with Crippen molar-refractivity contribution in [2.45, 2.75) is 38.5 Å². The lowest BCUT2D eigenvalue weighted by Crippen LogP contribution is -2.43. The first-order valence-electron chi connectivity index (χ1n) is 16.0. The highest BCUT2D eigenvalue weighted by Gasteiger charge is 2.46. The highest BCUT2D eigenvalue weighted by Crippen LogP contribution is 2.56. The van der Waals surface area contributed by atoms with E-state index in [4.69, 9.17) is 15.0 Å². The Hall–Kier alpha value is -5.41. The van der Waals surface area contributed by atoms with Gasteiger partial charge < -0.3 is 0 Å². The van der Waals surface area contributed by atoms with E-state index < -0.39 is 0 Å². The van der Waals surface area contributed by atoms with Gasteiger partial charge in [0.2, 0.25) is 0 Å². The number of nitrogens with zero attached hydrogens (tertiary/aromatic N) is 3. The van der Waals surface area contributed by atoms with E-state index in [-0.39, 0.29) is 10.8 Å². The largest absolute Gasteiger partial charge is 0.208 e. The normalized spacial score (nSPS) is 14.4. The fourth-order valence-corrected chi connectivity index (χ4v) is 6.98. The average molecular weight is 594 g/mol. The molecule has 0 saturated carbocycles. The summed E-state index contributed by atoms with van der Waals surface area (Å²) in [5, 5.41) is 2.35. The summed E-state index contributed by atoms with van der Waals surface area (Å²) in [6, 6.07) is 49.3. The maximum atomic E-state index is 5.21. The van der Waals surface area contributed by atoms with Crippen molar-refractivity contribution in [2.24, 2.45) is 0 Å². The molecule has 1 heterocycles. The number of aromatic nitrogens is 3. The Labute approximate surface area is 270 Å². The van der Waals surface area contributed by atoms with Gasteiger partial charge in [-0.2, -0.15) is 0 Å². The minimum Gasteiger partial charge on any atom is -0.208 e. The van der Waals surface area contributed by atoms with Crippen LogP contribution in [0.2, 0.25) is 0 Å². The van der Waals surface area contributed by atoms with E-state index in [0.29, 0.717) is 17.5 Å². The lowest BCUT2D eigenvalue weighted by molar-refractivity contribution is 0.299. The SMILES string of the molecule is CC1(C)c2cc(-c3ccccc3)ccc2-c2c(-c3nc(-c4ccccc4)nc(-c4ccc5ccccc5c4)n3)cccc2C1(C)C. The third-order valence-corrected chi connectivity index (χ3v) is 10.3. The molecule has 222 valence electrons. The Balaban J connectivity index is 1.38. The van der Waals surface area contributed by atoms with Gasteiger partial charge in [-0.3, -0.25) is 0 Å². The van der Waals surface area contributed by atoms with Gasteiger partial charge in [0, 0.05) is 16.7 Å². The van der Waals surface area contributed by atoms with Crippen LogP contribution in [0.3, 0.4) is 0 Å². The van der Waals surface area contributed by atoms with Crippen LogP contribution in [0.15, 0.2) is 140 Å². The van der Waals surface area contributed by atoms with Gasteiger partial charge in [0.05, 0.1) is 0 Å². The second-order valence-corrected chi connectivity index (χ2v) is 13.3. The number of rotatable bonds is 4. The predicted octanol–water partition coefficient (Wildman–Crippen LogP) is 10.9. The molecular weight excluding hydrogens is 558 g/mol. The summed E-state index contributed by atoms with van der Waals surface area (Å²) in [5.41, 5.74) is 10.2. The predicted molar refractivity (Wildman–Crippen MR) is 191 cm³/mol. The second-order valence-electron chi connectivity index (χ2n) is 13.3. The molecule has 0 radical (unpaired) electrons. The standard InChI is InChI=1S/C43H35N3/c1-42(2)36-21-13-20-35(38(36)34-25-24-32(27-37(34)43(42,3)4)28-14-7-5-8-15-28)41-45-39(30-17-9-6-10-18-30)44-40(46-41)33-23-22-29-16-11-12-19-31(29)26-33/h5-27H,1-4H3. The summed E-state index contributed by atoms with van der Waals surface area (Å²) in [6.07, 6.45) is 0. The van der Waals surface area contributed by atoms with Crippen LogP contribution in [0.5, 0.6) is 0 Å². The van der Waals surface area contributed by atoms with Gasteiger partial charge in [0.25, 0.3) is 0 Å². The Morgan fingerprint density at radius 2 is 0.957 bits per heavy atom. The van der Waals surface area contributed by atoms with Crippen LogP contribution in [0.4, 0.5) is 0 Å². The molecule has 0 aliphatic heterocycles. The van der Waals surface area contributed by atoms with E-state index in [1.165, 1.54) is 38.8 Å². The van der Waals surface area contributed by atoms with Crippen molar-refractivity contribution in [3.63, 3.8) is 0 Å². The van der Waals surface area contributed by atoms with E-state index in [1.807, 2.05) is 18.2 Å². The van der Waals surface area contributed by atoms with Crippen LogP contribution in [-0.2, 0) is 10.8 Å². The first-order chi connectivity index (χ1) is 22.3. The average Bonchev–Trinajstić information content (AvgIpc) is 3.11. The van der Waals surface area contributed by atoms with Gasteiger partial charge in [-0.05, 0) is 67.1 Å². The zero-order chi connectivity index (χ0) is 31.5. The van der Waals surface area contributed by atoms with Crippen molar-refractivity contribution in [1.82, 2.24) is 15.0 Å². The number of benzene rings is 6. The minimum atomic E-state index is -0.156. The van der Waals surface area contributed by atoms with Gasteiger partial charge in [0.1, 0.15) is 0 Å². The molecule has 1 aromatic heterocycles. The van der Waals surface area contributed by atoms with Crippen molar-refractivity contribution >= 4 is 10.8 Å². The Morgan fingerprint density at radius 1 is 0.370 bits per heavy atom. The van der Waals surface area contributed by atoms with Gasteiger partial charge in [-0.15, -0.1) is 0 Å². The smallest absolute Gasteiger partial charge is 0.164 e. The molecule has 0 spiro atoms. The molecule has 7 aromatic rings. The van der Waals surface area contributed by atoms with E-state index >= 15 is 0 Å². The summed E-state index contributed by atoms with van der Waals surface area (Å²) in [6.45, 7) is 9.50. The quantitative estimate of drug-likeness (QED) is 0.204. The first kappa shape index (κ1) is 28.1. The van der Waals surface area contributed by atoms with E-state index in [2.05, 4.69) is 149 Å². The van der Waals surface area contributed by atoms with Gasteiger partial charge >= 0.3 is 0 Å².